The highest BCUT2D eigenvalue weighted by Gasteiger charge is 2.15. The Morgan fingerprint density at radius 3 is 2.50 bits per heavy atom. The SMILES string of the molecule is CC(C)NC(=O)Cn1c(-c2ccccc2)nc2ccccc21. The topological polar surface area (TPSA) is 46.9 Å². The fraction of sp³-hybridized carbons (Fsp3) is 0.222. The molecule has 1 amide bonds. The molecule has 0 radical (unpaired) electrons. The van der Waals surface area contributed by atoms with Crippen molar-refractivity contribution >= 4 is 16.9 Å². The van der Waals surface area contributed by atoms with Crippen LogP contribution in [-0.2, 0) is 11.3 Å². The van der Waals surface area contributed by atoms with E-state index in [9.17, 15) is 4.79 Å². The molecule has 0 spiro atoms. The first-order chi connectivity index (χ1) is 10.6. The zero-order chi connectivity index (χ0) is 15.5. The van der Waals surface area contributed by atoms with Crippen molar-refractivity contribution in [3.63, 3.8) is 0 Å². The summed E-state index contributed by atoms with van der Waals surface area (Å²) in [6.45, 7) is 4.19. The lowest BCUT2D eigenvalue weighted by Gasteiger charge is -2.12. The number of para-hydroxylation sites is 2. The second-order valence-corrected chi connectivity index (χ2v) is 5.60. The smallest absolute Gasteiger partial charge is 0.240 e. The van der Waals surface area contributed by atoms with Crippen molar-refractivity contribution in [2.24, 2.45) is 0 Å². The Labute approximate surface area is 129 Å². The van der Waals surface area contributed by atoms with Crippen LogP contribution in [0.3, 0.4) is 0 Å². The summed E-state index contributed by atoms with van der Waals surface area (Å²) in [5, 5.41) is 2.94. The fourth-order valence-electron chi connectivity index (χ4n) is 2.55. The summed E-state index contributed by atoms with van der Waals surface area (Å²) < 4.78 is 1.97. The molecule has 0 aliphatic carbocycles. The highest BCUT2D eigenvalue weighted by Crippen LogP contribution is 2.24. The zero-order valence-electron chi connectivity index (χ0n) is 12.8. The largest absolute Gasteiger partial charge is 0.352 e. The van der Waals surface area contributed by atoms with Gasteiger partial charge in [0.1, 0.15) is 12.4 Å². The van der Waals surface area contributed by atoms with Crippen molar-refractivity contribution in [1.29, 1.82) is 0 Å². The van der Waals surface area contributed by atoms with E-state index in [-0.39, 0.29) is 18.5 Å². The average Bonchev–Trinajstić information content (AvgIpc) is 2.86. The van der Waals surface area contributed by atoms with E-state index in [1.54, 1.807) is 0 Å². The fourth-order valence-corrected chi connectivity index (χ4v) is 2.55. The van der Waals surface area contributed by atoms with Crippen LogP contribution in [0.2, 0.25) is 0 Å². The van der Waals surface area contributed by atoms with Crippen molar-refractivity contribution in [3.8, 4) is 11.4 Å². The summed E-state index contributed by atoms with van der Waals surface area (Å²) in [5.41, 5.74) is 2.88. The second-order valence-electron chi connectivity index (χ2n) is 5.60. The molecule has 0 saturated heterocycles. The van der Waals surface area contributed by atoms with Crippen LogP contribution in [0.5, 0.6) is 0 Å². The van der Waals surface area contributed by atoms with Crippen molar-refractivity contribution in [2.45, 2.75) is 26.4 Å². The number of aromatic nitrogens is 2. The van der Waals surface area contributed by atoms with Gasteiger partial charge >= 0.3 is 0 Å². The van der Waals surface area contributed by atoms with Crippen molar-refractivity contribution in [1.82, 2.24) is 14.9 Å². The molecule has 2 aromatic carbocycles. The zero-order valence-corrected chi connectivity index (χ0v) is 12.8. The van der Waals surface area contributed by atoms with Gasteiger partial charge in [0.05, 0.1) is 11.0 Å². The van der Waals surface area contributed by atoms with E-state index < -0.39 is 0 Å². The first-order valence-corrected chi connectivity index (χ1v) is 7.45. The van der Waals surface area contributed by atoms with Gasteiger partial charge in [-0.15, -0.1) is 0 Å². The van der Waals surface area contributed by atoms with E-state index in [4.69, 9.17) is 4.98 Å². The lowest BCUT2D eigenvalue weighted by molar-refractivity contribution is -0.122. The molecule has 1 heterocycles. The molecule has 4 heteroatoms. The number of fused-ring (bicyclic) bond motifs is 1. The number of nitrogens with zero attached hydrogens (tertiary/aromatic N) is 2. The molecule has 1 N–H and O–H groups in total. The van der Waals surface area contributed by atoms with Crippen LogP contribution in [0, 0.1) is 0 Å². The van der Waals surface area contributed by atoms with Crippen LogP contribution in [0.1, 0.15) is 13.8 Å². The number of amides is 1. The molecular weight excluding hydrogens is 274 g/mol. The minimum Gasteiger partial charge on any atom is -0.352 e. The van der Waals surface area contributed by atoms with Crippen molar-refractivity contribution < 1.29 is 4.79 Å². The Morgan fingerprint density at radius 1 is 1.09 bits per heavy atom. The average molecular weight is 293 g/mol. The number of benzene rings is 2. The summed E-state index contributed by atoms with van der Waals surface area (Å²) in [5.74, 6) is 0.816. The Balaban J connectivity index is 2.08. The monoisotopic (exact) mass is 293 g/mol. The molecule has 0 saturated carbocycles. The maximum Gasteiger partial charge on any atom is 0.240 e. The molecule has 112 valence electrons. The predicted molar refractivity (Wildman–Crippen MR) is 88.4 cm³/mol. The Kier molecular flexibility index (Phi) is 3.92. The van der Waals surface area contributed by atoms with Gasteiger partial charge in [-0.05, 0) is 26.0 Å². The number of nitrogens with one attached hydrogen (secondary N) is 1. The molecular formula is C18H19N3O. The number of hydrogen-bond donors (Lipinski definition) is 1. The molecule has 0 bridgehead atoms. The summed E-state index contributed by atoms with van der Waals surface area (Å²) in [6.07, 6.45) is 0. The van der Waals surface area contributed by atoms with E-state index in [2.05, 4.69) is 5.32 Å². The van der Waals surface area contributed by atoms with Crippen LogP contribution in [0.4, 0.5) is 0 Å². The molecule has 3 aromatic rings. The minimum absolute atomic E-state index is 0.00432. The van der Waals surface area contributed by atoms with Crippen molar-refractivity contribution in [3.05, 3.63) is 54.6 Å². The van der Waals surface area contributed by atoms with E-state index in [0.717, 1.165) is 22.4 Å². The van der Waals surface area contributed by atoms with Gasteiger partial charge in [-0.2, -0.15) is 0 Å². The highest BCUT2D eigenvalue weighted by molar-refractivity contribution is 5.84. The third kappa shape index (κ3) is 2.86. The molecule has 22 heavy (non-hydrogen) atoms. The summed E-state index contributed by atoms with van der Waals surface area (Å²) in [6, 6.07) is 18.0. The number of carbonyl (C=O) groups is 1. The van der Waals surface area contributed by atoms with E-state index in [0.29, 0.717) is 0 Å². The predicted octanol–water partition coefficient (Wildman–Crippen LogP) is 3.23. The van der Waals surface area contributed by atoms with Crippen LogP contribution in [0.15, 0.2) is 54.6 Å². The second kappa shape index (κ2) is 6.02. The van der Waals surface area contributed by atoms with Gasteiger partial charge in [-0.25, -0.2) is 4.98 Å². The molecule has 4 nitrogen and oxygen atoms in total. The van der Waals surface area contributed by atoms with Gasteiger partial charge in [0.25, 0.3) is 0 Å². The number of rotatable bonds is 4. The highest BCUT2D eigenvalue weighted by atomic mass is 16.2. The first-order valence-electron chi connectivity index (χ1n) is 7.45. The van der Waals surface area contributed by atoms with Crippen molar-refractivity contribution in [2.75, 3.05) is 0 Å². The summed E-state index contributed by atoms with van der Waals surface area (Å²) >= 11 is 0. The normalized spacial score (nSPS) is 11.0. The summed E-state index contributed by atoms with van der Waals surface area (Å²) in [4.78, 5) is 16.9. The number of imidazole rings is 1. The molecule has 0 aliphatic rings. The molecule has 0 fully saturated rings. The number of carbonyl (C=O) groups excluding carboxylic acids is 1. The Morgan fingerprint density at radius 2 is 1.77 bits per heavy atom. The summed E-state index contributed by atoms with van der Waals surface area (Å²) in [7, 11) is 0. The van der Waals surface area contributed by atoms with Crippen LogP contribution < -0.4 is 5.32 Å². The third-order valence-corrected chi connectivity index (χ3v) is 3.44. The molecule has 1 aromatic heterocycles. The maximum atomic E-state index is 12.2. The Bertz CT molecular complexity index is 790. The molecule has 3 rings (SSSR count). The van der Waals surface area contributed by atoms with Gasteiger partial charge in [0.15, 0.2) is 0 Å². The minimum atomic E-state index is -0.00432. The molecule has 0 unspecified atom stereocenters. The van der Waals surface area contributed by atoms with Gasteiger partial charge in [-0.1, -0.05) is 42.5 Å². The van der Waals surface area contributed by atoms with Crippen LogP contribution >= 0.6 is 0 Å². The van der Waals surface area contributed by atoms with Gasteiger partial charge in [0, 0.05) is 11.6 Å². The standard InChI is InChI=1S/C18H19N3O/c1-13(2)19-17(22)12-21-16-11-7-6-10-15(16)20-18(21)14-8-4-3-5-9-14/h3-11,13H,12H2,1-2H3,(H,19,22). The molecule has 0 atom stereocenters. The lowest BCUT2D eigenvalue weighted by Crippen LogP contribution is -2.33. The molecule has 0 aliphatic heterocycles. The number of hydrogen-bond acceptors (Lipinski definition) is 2. The van der Waals surface area contributed by atoms with Gasteiger partial charge in [-0.3, -0.25) is 4.79 Å². The van der Waals surface area contributed by atoms with Gasteiger partial charge in [0.2, 0.25) is 5.91 Å². The van der Waals surface area contributed by atoms with E-state index in [1.165, 1.54) is 0 Å². The van der Waals surface area contributed by atoms with Gasteiger partial charge < -0.3 is 9.88 Å². The van der Waals surface area contributed by atoms with E-state index in [1.807, 2.05) is 73.0 Å². The lowest BCUT2D eigenvalue weighted by atomic mass is 10.2. The maximum absolute atomic E-state index is 12.2. The quantitative estimate of drug-likeness (QED) is 0.803. The van der Waals surface area contributed by atoms with E-state index >= 15 is 0 Å². The van der Waals surface area contributed by atoms with Crippen LogP contribution in [0.25, 0.3) is 22.4 Å². The Hall–Kier alpha value is -2.62. The van der Waals surface area contributed by atoms with Crippen LogP contribution in [-0.4, -0.2) is 21.5 Å². The third-order valence-electron chi connectivity index (χ3n) is 3.44. The first kappa shape index (κ1) is 14.3.